The van der Waals surface area contributed by atoms with Gasteiger partial charge in [0, 0.05) is 0 Å². The molecule has 0 saturated heterocycles. The molecule has 0 aliphatic heterocycles. The van der Waals surface area contributed by atoms with Crippen molar-refractivity contribution in [3.63, 3.8) is 0 Å². The van der Waals surface area contributed by atoms with Gasteiger partial charge in [0.05, 0.1) is 23.2 Å². The minimum absolute atomic E-state index is 0.115. The molecular formula is C12H11ClN2O2S. The van der Waals surface area contributed by atoms with Crippen LogP contribution < -0.4 is 0 Å². The predicted octanol–water partition coefficient (Wildman–Crippen LogP) is 2.41. The molecule has 0 N–H and O–H groups in total. The zero-order valence-electron chi connectivity index (χ0n) is 9.67. The van der Waals surface area contributed by atoms with Gasteiger partial charge in [-0.25, -0.2) is 18.4 Å². The maximum atomic E-state index is 12.1. The van der Waals surface area contributed by atoms with E-state index in [1.54, 1.807) is 6.07 Å². The van der Waals surface area contributed by atoms with Crippen molar-refractivity contribution in [3.05, 3.63) is 52.8 Å². The molecule has 94 valence electrons. The molecule has 2 aromatic rings. The highest BCUT2D eigenvalue weighted by Gasteiger charge is 2.18. The molecule has 18 heavy (non-hydrogen) atoms. The SMILES string of the molecule is Cc1cccc(CS(=O)(=O)c2ncc(Cl)cn2)c1. The average Bonchev–Trinajstić information content (AvgIpc) is 2.29. The lowest BCUT2D eigenvalue weighted by atomic mass is 10.2. The Bertz CT molecular complexity index is 654. The first kappa shape index (κ1) is 13.0. The standard InChI is InChI=1S/C12H11ClN2O2S/c1-9-3-2-4-10(5-9)8-18(16,17)12-14-6-11(13)7-15-12/h2-7H,8H2,1H3. The van der Waals surface area contributed by atoms with Crippen molar-refractivity contribution >= 4 is 21.4 Å². The van der Waals surface area contributed by atoms with Crippen LogP contribution in [0, 0.1) is 6.92 Å². The van der Waals surface area contributed by atoms with Crippen LogP contribution in [0.2, 0.25) is 5.02 Å². The van der Waals surface area contributed by atoms with E-state index in [-0.39, 0.29) is 10.9 Å². The van der Waals surface area contributed by atoms with Crippen LogP contribution in [-0.2, 0) is 15.6 Å². The fourth-order valence-electron chi connectivity index (χ4n) is 1.55. The quantitative estimate of drug-likeness (QED) is 0.811. The van der Waals surface area contributed by atoms with Gasteiger partial charge >= 0.3 is 0 Å². The fraction of sp³-hybridized carbons (Fsp3) is 0.167. The Labute approximate surface area is 111 Å². The smallest absolute Gasteiger partial charge is 0.225 e. The second-order valence-electron chi connectivity index (χ2n) is 3.93. The molecule has 6 heteroatoms. The minimum Gasteiger partial charge on any atom is -0.225 e. The Morgan fingerprint density at radius 2 is 1.89 bits per heavy atom. The highest BCUT2D eigenvalue weighted by atomic mass is 35.5. The van der Waals surface area contributed by atoms with Crippen LogP contribution >= 0.6 is 11.6 Å². The Hall–Kier alpha value is -1.46. The summed E-state index contributed by atoms with van der Waals surface area (Å²) >= 11 is 5.62. The van der Waals surface area contributed by atoms with E-state index in [4.69, 9.17) is 11.6 Å². The van der Waals surface area contributed by atoms with Crippen molar-refractivity contribution in [1.82, 2.24) is 9.97 Å². The van der Waals surface area contributed by atoms with E-state index in [1.165, 1.54) is 12.4 Å². The van der Waals surface area contributed by atoms with Crippen molar-refractivity contribution in [2.75, 3.05) is 0 Å². The number of hydrogen-bond donors (Lipinski definition) is 0. The average molecular weight is 283 g/mol. The number of aryl methyl sites for hydroxylation is 1. The van der Waals surface area contributed by atoms with Crippen molar-refractivity contribution in [3.8, 4) is 0 Å². The highest BCUT2D eigenvalue weighted by Crippen LogP contribution is 2.14. The first-order valence-corrected chi connectivity index (χ1v) is 7.26. The maximum Gasteiger partial charge on any atom is 0.247 e. The number of nitrogens with zero attached hydrogens (tertiary/aromatic N) is 2. The predicted molar refractivity (Wildman–Crippen MR) is 69.1 cm³/mol. The molecule has 1 aromatic carbocycles. The molecule has 0 spiro atoms. The van der Waals surface area contributed by atoms with E-state index in [2.05, 4.69) is 9.97 Å². The lowest BCUT2D eigenvalue weighted by molar-refractivity contribution is 0.586. The van der Waals surface area contributed by atoms with Gasteiger partial charge in [-0.3, -0.25) is 0 Å². The van der Waals surface area contributed by atoms with Crippen LogP contribution in [0.15, 0.2) is 41.8 Å². The largest absolute Gasteiger partial charge is 0.247 e. The van der Waals surface area contributed by atoms with Crippen LogP contribution in [0.5, 0.6) is 0 Å². The third-order valence-electron chi connectivity index (χ3n) is 2.31. The summed E-state index contributed by atoms with van der Waals surface area (Å²) in [5.74, 6) is -0.115. The number of benzene rings is 1. The molecule has 0 amide bonds. The number of sulfone groups is 1. The molecule has 0 radical (unpaired) electrons. The summed E-state index contributed by atoms with van der Waals surface area (Å²) in [6.07, 6.45) is 2.55. The molecule has 0 aliphatic carbocycles. The Morgan fingerprint density at radius 3 is 2.50 bits per heavy atom. The van der Waals surface area contributed by atoms with Gasteiger partial charge in [0.15, 0.2) is 0 Å². The van der Waals surface area contributed by atoms with Crippen molar-refractivity contribution in [2.24, 2.45) is 0 Å². The Morgan fingerprint density at radius 1 is 1.22 bits per heavy atom. The van der Waals surface area contributed by atoms with Crippen molar-refractivity contribution < 1.29 is 8.42 Å². The van der Waals surface area contributed by atoms with Crippen molar-refractivity contribution in [2.45, 2.75) is 17.8 Å². The molecule has 0 unspecified atom stereocenters. The molecule has 0 bridgehead atoms. The van der Waals surface area contributed by atoms with Crippen LogP contribution in [0.1, 0.15) is 11.1 Å². The van der Waals surface area contributed by atoms with Crippen LogP contribution in [0.3, 0.4) is 0 Å². The van der Waals surface area contributed by atoms with E-state index in [9.17, 15) is 8.42 Å². The monoisotopic (exact) mass is 282 g/mol. The third kappa shape index (κ3) is 3.05. The Kier molecular flexibility index (Phi) is 3.63. The number of aromatic nitrogens is 2. The normalized spacial score (nSPS) is 11.4. The van der Waals surface area contributed by atoms with Gasteiger partial charge in [0.25, 0.3) is 0 Å². The summed E-state index contributed by atoms with van der Waals surface area (Å²) in [5.41, 5.74) is 1.73. The lowest BCUT2D eigenvalue weighted by Gasteiger charge is -2.03. The zero-order chi connectivity index (χ0) is 13.2. The third-order valence-corrected chi connectivity index (χ3v) is 3.99. The molecule has 2 rings (SSSR count). The second-order valence-corrected chi connectivity index (χ2v) is 6.25. The molecule has 1 aromatic heterocycles. The van der Waals surface area contributed by atoms with Gasteiger partial charge in [-0.05, 0) is 12.5 Å². The molecule has 0 fully saturated rings. The second kappa shape index (κ2) is 5.04. The number of rotatable bonds is 3. The fourth-order valence-corrected chi connectivity index (χ4v) is 2.82. The van der Waals surface area contributed by atoms with Gasteiger partial charge in [-0.15, -0.1) is 0 Å². The highest BCUT2D eigenvalue weighted by molar-refractivity contribution is 7.90. The summed E-state index contributed by atoms with van der Waals surface area (Å²) in [6.45, 7) is 1.91. The molecule has 1 heterocycles. The summed E-state index contributed by atoms with van der Waals surface area (Å²) in [4.78, 5) is 7.48. The van der Waals surface area contributed by atoms with Crippen LogP contribution in [0.4, 0.5) is 0 Å². The summed E-state index contributed by atoms with van der Waals surface area (Å²) < 4.78 is 24.1. The van der Waals surface area contributed by atoms with Gasteiger partial charge in [-0.2, -0.15) is 0 Å². The van der Waals surface area contributed by atoms with Crippen LogP contribution in [0.25, 0.3) is 0 Å². The molecule has 4 nitrogen and oxygen atoms in total. The first-order valence-electron chi connectivity index (χ1n) is 5.23. The number of hydrogen-bond acceptors (Lipinski definition) is 4. The molecule has 0 saturated carbocycles. The van der Waals surface area contributed by atoms with Gasteiger partial charge in [0.1, 0.15) is 0 Å². The van der Waals surface area contributed by atoms with Crippen molar-refractivity contribution in [1.29, 1.82) is 0 Å². The first-order chi connectivity index (χ1) is 8.47. The van der Waals surface area contributed by atoms with E-state index >= 15 is 0 Å². The Balaban J connectivity index is 2.30. The van der Waals surface area contributed by atoms with Crippen LogP contribution in [-0.4, -0.2) is 18.4 Å². The van der Waals surface area contributed by atoms with Gasteiger partial charge in [-0.1, -0.05) is 41.4 Å². The van der Waals surface area contributed by atoms with E-state index in [0.29, 0.717) is 10.6 Å². The van der Waals surface area contributed by atoms with Gasteiger partial charge < -0.3 is 0 Å². The van der Waals surface area contributed by atoms with Gasteiger partial charge in [0.2, 0.25) is 15.0 Å². The summed E-state index contributed by atoms with van der Waals surface area (Å²) in [7, 11) is -3.53. The lowest BCUT2D eigenvalue weighted by Crippen LogP contribution is -2.09. The maximum absolute atomic E-state index is 12.1. The molecular weight excluding hydrogens is 272 g/mol. The molecule has 0 atom stereocenters. The summed E-state index contributed by atoms with van der Waals surface area (Å²) in [6, 6.07) is 7.33. The topological polar surface area (TPSA) is 59.9 Å². The number of halogens is 1. The summed E-state index contributed by atoms with van der Waals surface area (Å²) in [5, 5.41) is 0.109. The van der Waals surface area contributed by atoms with E-state index in [0.717, 1.165) is 5.56 Å². The molecule has 0 aliphatic rings. The van der Waals surface area contributed by atoms with E-state index < -0.39 is 9.84 Å². The minimum atomic E-state index is -3.53. The van der Waals surface area contributed by atoms with E-state index in [1.807, 2.05) is 25.1 Å². The zero-order valence-corrected chi connectivity index (χ0v) is 11.2.